The Bertz CT molecular complexity index is 1250. The maximum Gasteiger partial charge on any atom is 0.258 e. The lowest BCUT2D eigenvalue weighted by molar-refractivity contribution is 0.102. The fourth-order valence-corrected chi connectivity index (χ4v) is 4.73. The van der Waals surface area contributed by atoms with Gasteiger partial charge in [-0.3, -0.25) is 4.79 Å². The number of sulfone groups is 1. The molecule has 0 radical (unpaired) electrons. The van der Waals surface area contributed by atoms with Crippen molar-refractivity contribution in [1.82, 2.24) is 0 Å². The van der Waals surface area contributed by atoms with Gasteiger partial charge in [-0.1, -0.05) is 31.5 Å². The van der Waals surface area contributed by atoms with Gasteiger partial charge in [0.1, 0.15) is 5.82 Å². The Morgan fingerprint density at radius 1 is 0.879 bits per heavy atom. The zero-order valence-electron chi connectivity index (χ0n) is 18.0. The fourth-order valence-electron chi connectivity index (χ4n) is 2.99. The van der Waals surface area contributed by atoms with Gasteiger partial charge in [0, 0.05) is 17.1 Å². The van der Waals surface area contributed by atoms with E-state index in [-0.39, 0.29) is 21.3 Å². The Morgan fingerprint density at radius 2 is 1.52 bits per heavy atom. The predicted molar refractivity (Wildman–Crippen MR) is 134 cm³/mol. The number of rotatable bonds is 8. The molecule has 172 valence electrons. The van der Waals surface area contributed by atoms with Crippen LogP contribution in [0.15, 0.2) is 77.7 Å². The summed E-state index contributed by atoms with van der Waals surface area (Å²) in [5.74, 6) is -1.03. The van der Waals surface area contributed by atoms with Crippen LogP contribution >= 0.6 is 12.2 Å². The second kappa shape index (κ2) is 11.0. The third-order valence-corrected chi connectivity index (χ3v) is 6.74. The van der Waals surface area contributed by atoms with Crippen LogP contribution in [0.25, 0.3) is 0 Å². The number of carbonyl (C=O) groups is 1. The molecule has 3 aromatic carbocycles. The van der Waals surface area contributed by atoms with Crippen molar-refractivity contribution < 1.29 is 17.6 Å². The molecule has 33 heavy (non-hydrogen) atoms. The van der Waals surface area contributed by atoms with E-state index in [9.17, 15) is 17.6 Å². The number of hydrogen-bond donors (Lipinski definition) is 3. The molecule has 0 aliphatic carbocycles. The van der Waals surface area contributed by atoms with Crippen molar-refractivity contribution in [2.75, 3.05) is 21.7 Å². The quantitative estimate of drug-likeness (QED) is 0.367. The standard InChI is InChI=1S/C24H24FN3O3S2/c1-2-3-15-33(30,31)20-8-6-7-19(16-20)28-24(32)27-18-13-11-17(12-14-18)26-23(29)21-9-4-5-10-22(21)25/h4-14,16H,2-3,15H2,1H3,(H,26,29)(H2,27,28,32). The van der Waals surface area contributed by atoms with Gasteiger partial charge in [-0.05, 0) is 73.2 Å². The van der Waals surface area contributed by atoms with Gasteiger partial charge in [0.2, 0.25) is 0 Å². The van der Waals surface area contributed by atoms with Crippen LogP contribution in [0.2, 0.25) is 0 Å². The van der Waals surface area contributed by atoms with Gasteiger partial charge >= 0.3 is 0 Å². The Balaban J connectivity index is 1.60. The third kappa shape index (κ3) is 6.84. The first-order chi connectivity index (χ1) is 15.8. The molecule has 9 heteroatoms. The molecule has 0 heterocycles. The number of thiocarbonyl (C=S) groups is 1. The maximum absolute atomic E-state index is 13.7. The number of carbonyl (C=O) groups excluding carboxylic acids is 1. The molecule has 0 fully saturated rings. The van der Waals surface area contributed by atoms with Crippen molar-refractivity contribution in [3.8, 4) is 0 Å². The molecule has 0 aliphatic rings. The first-order valence-corrected chi connectivity index (χ1v) is 12.4. The number of halogens is 1. The Labute approximate surface area is 198 Å². The minimum absolute atomic E-state index is 0.0379. The second-order valence-electron chi connectivity index (χ2n) is 7.29. The highest BCUT2D eigenvalue weighted by Gasteiger charge is 2.14. The van der Waals surface area contributed by atoms with E-state index in [0.717, 1.165) is 6.42 Å². The largest absolute Gasteiger partial charge is 0.332 e. The summed E-state index contributed by atoms with van der Waals surface area (Å²) in [5.41, 5.74) is 1.67. The van der Waals surface area contributed by atoms with Crippen molar-refractivity contribution in [2.45, 2.75) is 24.7 Å². The summed E-state index contributed by atoms with van der Waals surface area (Å²) < 4.78 is 38.6. The minimum atomic E-state index is -3.34. The van der Waals surface area contributed by atoms with Crippen molar-refractivity contribution in [2.24, 2.45) is 0 Å². The molecule has 0 saturated carbocycles. The van der Waals surface area contributed by atoms with E-state index in [1.54, 1.807) is 54.6 Å². The maximum atomic E-state index is 13.7. The van der Waals surface area contributed by atoms with E-state index >= 15 is 0 Å². The van der Waals surface area contributed by atoms with E-state index in [4.69, 9.17) is 12.2 Å². The van der Waals surface area contributed by atoms with Gasteiger partial charge in [0.05, 0.1) is 16.2 Å². The molecule has 0 spiro atoms. The fraction of sp³-hybridized carbons (Fsp3) is 0.167. The lowest BCUT2D eigenvalue weighted by Crippen LogP contribution is -2.19. The van der Waals surface area contributed by atoms with Crippen LogP contribution in [0.4, 0.5) is 21.5 Å². The van der Waals surface area contributed by atoms with E-state index in [1.807, 2.05) is 6.92 Å². The van der Waals surface area contributed by atoms with Crippen LogP contribution in [0, 0.1) is 5.82 Å². The van der Waals surface area contributed by atoms with Gasteiger partial charge < -0.3 is 16.0 Å². The first-order valence-electron chi connectivity index (χ1n) is 10.4. The molecule has 3 rings (SSSR count). The smallest absolute Gasteiger partial charge is 0.258 e. The van der Waals surface area contributed by atoms with Crippen molar-refractivity contribution in [3.05, 3.63) is 84.2 Å². The summed E-state index contributed by atoms with van der Waals surface area (Å²) in [4.78, 5) is 12.5. The number of benzene rings is 3. The number of amides is 1. The van der Waals surface area contributed by atoms with Gasteiger partial charge in [-0.15, -0.1) is 0 Å². The number of unbranched alkanes of at least 4 members (excludes halogenated alkanes) is 1. The molecular formula is C24H24FN3O3S2. The summed E-state index contributed by atoms with van der Waals surface area (Å²) in [7, 11) is -3.34. The zero-order valence-corrected chi connectivity index (χ0v) is 19.6. The molecule has 3 aromatic rings. The van der Waals surface area contributed by atoms with E-state index in [1.165, 1.54) is 18.2 Å². The topological polar surface area (TPSA) is 87.3 Å². The molecule has 6 nitrogen and oxygen atoms in total. The summed E-state index contributed by atoms with van der Waals surface area (Å²) in [6.07, 6.45) is 1.41. The molecule has 1 amide bonds. The van der Waals surface area contributed by atoms with Gasteiger partial charge in [-0.2, -0.15) is 0 Å². The number of nitrogens with one attached hydrogen (secondary N) is 3. The highest BCUT2D eigenvalue weighted by Crippen LogP contribution is 2.19. The van der Waals surface area contributed by atoms with E-state index in [0.29, 0.717) is 23.5 Å². The zero-order chi connectivity index (χ0) is 23.8. The molecule has 0 aromatic heterocycles. The van der Waals surface area contributed by atoms with Crippen LogP contribution in [-0.2, 0) is 9.84 Å². The average Bonchev–Trinajstić information content (AvgIpc) is 2.79. The molecule has 0 atom stereocenters. The summed E-state index contributed by atoms with van der Waals surface area (Å²) >= 11 is 5.32. The lowest BCUT2D eigenvalue weighted by Gasteiger charge is -2.12. The SMILES string of the molecule is CCCCS(=O)(=O)c1cccc(NC(=S)Nc2ccc(NC(=O)c3ccccc3F)cc2)c1. The van der Waals surface area contributed by atoms with Crippen LogP contribution in [0.3, 0.4) is 0 Å². The lowest BCUT2D eigenvalue weighted by atomic mass is 10.2. The predicted octanol–water partition coefficient (Wildman–Crippen LogP) is 5.46. The molecule has 0 aliphatic heterocycles. The number of anilines is 3. The molecular weight excluding hydrogens is 461 g/mol. The van der Waals surface area contributed by atoms with Crippen molar-refractivity contribution in [3.63, 3.8) is 0 Å². The molecule has 0 unspecified atom stereocenters. The van der Waals surface area contributed by atoms with Crippen molar-refractivity contribution in [1.29, 1.82) is 0 Å². The Morgan fingerprint density at radius 3 is 2.18 bits per heavy atom. The summed E-state index contributed by atoms with van der Waals surface area (Å²) in [5, 5.41) is 8.90. The summed E-state index contributed by atoms with van der Waals surface area (Å²) in [6.45, 7) is 1.95. The average molecular weight is 486 g/mol. The highest BCUT2D eigenvalue weighted by atomic mass is 32.2. The minimum Gasteiger partial charge on any atom is -0.332 e. The Hall–Kier alpha value is -3.30. The second-order valence-corrected chi connectivity index (χ2v) is 9.81. The van der Waals surface area contributed by atoms with Crippen LogP contribution in [0.1, 0.15) is 30.1 Å². The van der Waals surface area contributed by atoms with Gasteiger partial charge in [0.25, 0.3) is 5.91 Å². The van der Waals surface area contributed by atoms with E-state index < -0.39 is 21.6 Å². The normalized spacial score (nSPS) is 11.0. The van der Waals surface area contributed by atoms with Crippen molar-refractivity contribution >= 4 is 50.1 Å². The van der Waals surface area contributed by atoms with E-state index in [2.05, 4.69) is 16.0 Å². The highest BCUT2D eigenvalue weighted by molar-refractivity contribution is 7.91. The van der Waals surface area contributed by atoms with Gasteiger partial charge in [-0.25, -0.2) is 12.8 Å². The van der Waals surface area contributed by atoms with Crippen LogP contribution < -0.4 is 16.0 Å². The molecule has 3 N–H and O–H groups in total. The number of hydrogen-bond acceptors (Lipinski definition) is 4. The van der Waals surface area contributed by atoms with Gasteiger partial charge in [0.15, 0.2) is 14.9 Å². The molecule has 0 saturated heterocycles. The first kappa shape index (κ1) is 24.3. The van der Waals surface area contributed by atoms with Crippen LogP contribution in [0.5, 0.6) is 0 Å². The Kier molecular flexibility index (Phi) is 8.13. The van der Waals surface area contributed by atoms with Crippen LogP contribution in [-0.4, -0.2) is 25.2 Å². The molecule has 0 bridgehead atoms. The monoisotopic (exact) mass is 485 g/mol. The third-order valence-electron chi connectivity index (χ3n) is 4.74. The summed E-state index contributed by atoms with van der Waals surface area (Å²) in [6, 6.07) is 19.0.